The molecule has 7 nitrogen and oxygen atoms in total. The lowest BCUT2D eigenvalue weighted by Crippen LogP contribution is -2.27. The van der Waals surface area contributed by atoms with Gasteiger partial charge in [-0.05, 0) is 30.3 Å². The first kappa shape index (κ1) is 18.3. The fourth-order valence-electron chi connectivity index (χ4n) is 2.36. The summed E-state index contributed by atoms with van der Waals surface area (Å²) in [6.45, 7) is 5.50. The lowest BCUT2D eigenvalue weighted by Gasteiger charge is -2.18. The summed E-state index contributed by atoms with van der Waals surface area (Å²) in [7, 11) is 0. The molecule has 1 aromatic heterocycles. The summed E-state index contributed by atoms with van der Waals surface area (Å²) >= 11 is 0. The molecule has 3 aromatic rings. The third kappa shape index (κ3) is 4.38. The zero-order valence-corrected chi connectivity index (χ0v) is 15.4. The van der Waals surface area contributed by atoms with E-state index in [1.807, 2.05) is 39.0 Å². The van der Waals surface area contributed by atoms with E-state index in [1.54, 1.807) is 41.3 Å². The summed E-state index contributed by atoms with van der Waals surface area (Å²) in [5.74, 6) is -0.397. The standard InChI is InChI=1S/C20H21N5O2/c1-20(2,3)19(27)23-15-8-6-7-14(11-15)18(26)24-16-9-4-5-10-17(16)25-13-21-12-22-25/h4-13H,1-3H3,(H,23,27)(H,24,26). The van der Waals surface area contributed by atoms with Gasteiger partial charge < -0.3 is 10.6 Å². The Morgan fingerprint density at radius 1 is 1.00 bits per heavy atom. The molecule has 7 heteroatoms. The van der Waals surface area contributed by atoms with Crippen LogP contribution in [-0.4, -0.2) is 26.6 Å². The molecule has 27 heavy (non-hydrogen) atoms. The molecular weight excluding hydrogens is 342 g/mol. The van der Waals surface area contributed by atoms with E-state index in [4.69, 9.17) is 0 Å². The summed E-state index contributed by atoms with van der Waals surface area (Å²) in [6.07, 6.45) is 2.99. The Balaban J connectivity index is 1.80. The molecule has 0 radical (unpaired) electrons. The molecule has 0 aliphatic heterocycles. The van der Waals surface area contributed by atoms with Crippen molar-refractivity contribution >= 4 is 23.2 Å². The summed E-state index contributed by atoms with van der Waals surface area (Å²) in [5.41, 5.74) is 1.81. The minimum absolute atomic E-state index is 0.114. The highest BCUT2D eigenvalue weighted by Gasteiger charge is 2.21. The minimum atomic E-state index is -0.519. The lowest BCUT2D eigenvalue weighted by atomic mass is 9.95. The molecular formula is C20H21N5O2. The van der Waals surface area contributed by atoms with Gasteiger partial charge in [0.2, 0.25) is 5.91 Å². The molecule has 2 aromatic carbocycles. The van der Waals surface area contributed by atoms with Crippen molar-refractivity contribution in [3.63, 3.8) is 0 Å². The maximum Gasteiger partial charge on any atom is 0.255 e. The van der Waals surface area contributed by atoms with Crippen molar-refractivity contribution < 1.29 is 9.59 Å². The number of carbonyl (C=O) groups is 2. The van der Waals surface area contributed by atoms with Gasteiger partial charge in [0.05, 0.1) is 11.4 Å². The average molecular weight is 363 g/mol. The lowest BCUT2D eigenvalue weighted by molar-refractivity contribution is -0.123. The quantitative estimate of drug-likeness (QED) is 0.742. The number of anilines is 2. The van der Waals surface area contributed by atoms with Crippen LogP contribution in [0, 0.1) is 5.41 Å². The van der Waals surface area contributed by atoms with Crippen LogP contribution in [0.5, 0.6) is 0 Å². The summed E-state index contributed by atoms with van der Waals surface area (Å²) in [6, 6.07) is 14.1. The van der Waals surface area contributed by atoms with Crippen LogP contribution in [0.15, 0.2) is 61.2 Å². The molecule has 0 unspecified atom stereocenters. The number of hydrogen-bond acceptors (Lipinski definition) is 4. The second kappa shape index (κ2) is 7.41. The van der Waals surface area contributed by atoms with Crippen LogP contribution in [0.4, 0.5) is 11.4 Å². The van der Waals surface area contributed by atoms with E-state index >= 15 is 0 Å². The van der Waals surface area contributed by atoms with E-state index in [0.29, 0.717) is 22.6 Å². The monoisotopic (exact) mass is 363 g/mol. The number of nitrogens with one attached hydrogen (secondary N) is 2. The number of nitrogens with zero attached hydrogens (tertiary/aromatic N) is 3. The minimum Gasteiger partial charge on any atom is -0.326 e. The van der Waals surface area contributed by atoms with Crippen molar-refractivity contribution in [3.05, 3.63) is 66.7 Å². The molecule has 138 valence electrons. The third-order valence-electron chi connectivity index (χ3n) is 3.88. The van der Waals surface area contributed by atoms with Gasteiger partial charge in [0, 0.05) is 16.7 Å². The van der Waals surface area contributed by atoms with Crippen molar-refractivity contribution in [2.45, 2.75) is 20.8 Å². The molecule has 0 spiro atoms. The Labute approximate surface area is 157 Å². The summed E-state index contributed by atoms with van der Waals surface area (Å²) in [4.78, 5) is 28.8. The fraction of sp³-hybridized carbons (Fsp3) is 0.200. The van der Waals surface area contributed by atoms with E-state index in [1.165, 1.54) is 6.33 Å². The normalized spacial score (nSPS) is 11.1. The van der Waals surface area contributed by atoms with Gasteiger partial charge in [-0.1, -0.05) is 39.0 Å². The highest BCUT2D eigenvalue weighted by atomic mass is 16.2. The average Bonchev–Trinajstić information content (AvgIpc) is 3.16. The van der Waals surface area contributed by atoms with Gasteiger partial charge in [0.25, 0.3) is 5.91 Å². The van der Waals surface area contributed by atoms with E-state index in [-0.39, 0.29) is 11.8 Å². The molecule has 0 atom stereocenters. The number of aromatic nitrogens is 3. The number of para-hydroxylation sites is 2. The Hall–Kier alpha value is -3.48. The van der Waals surface area contributed by atoms with Crippen LogP contribution in [0.2, 0.25) is 0 Å². The number of rotatable bonds is 4. The molecule has 0 saturated carbocycles. The zero-order chi connectivity index (χ0) is 19.4. The van der Waals surface area contributed by atoms with Gasteiger partial charge >= 0.3 is 0 Å². The first-order chi connectivity index (χ1) is 12.8. The topological polar surface area (TPSA) is 88.9 Å². The number of amides is 2. The predicted octanol–water partition coefficient (Wildman–Crippen LogP) is 3.50. The number of benzene rings is 2. The second-order valence-corrected chi connectivity index (χ2v) is 7.10. The highest BCUT2D eigenvalue weighted by Crippen LogP contribution is 2.21. The van der Waals surface area contributed by atoms with E-state index in [0.717, 1.165) is 0 Å². The van der Waals surface area contributed by atoms with Crippen molar-refractivity contribution in [1.82, 2.24) is 14.8 Å². The van der Waals surface area contributed by atoms with Crippen LogP contribution >= 0.6 is 0 Å². The maximum atomic E-state index is 12.7. The van der Waals surface area contributed by atoms with Crippen molar-refractivity contribution in [2.24, 2.45) is 5.41 Å². The van der Waals surface area contributed by atoms with Crippen molar-refractivity contribution in [2.75, 3.05) is 10.6 Å². The maximum absolute atomic E-state index is 12.7. The Morgan fingerprint density at radius 2 is 1.78 bits per heavy atom. The summed E-state index contributed by atoms with van der Waals surface area (Å²) < 4.78 is 1.58. The van der Waals surface area contributed by atoms with Gasteiger partial charge in [-0.3, -0.25) is 9.59 Å². The van der Waals surface area contributed by atoms with E-state index in [9.17, 15) is 9.59 Å². The van der Waals surface area contributed by atoms with Crippen LogP contribution in [0.3, 0.4) is 0 Å². The van der Waals surface area contributed by atoms with Crippen LogP contribution in [-0.2, 0) is 4.79 Å². The Bertz CT molecular complexity index is 959. The molecule has 2 amide bonds. The third-order valence-corrected chi connectivity index (χ3v) is 3.88. The summed E-state index contributed by atoms with van der Waals surface area (Å²) in [5, 5.41) is 9.82. The van der Waals surface area contributed by atoms with Crippen LogP contribution in [0.25, 0.3) is 5.69 Å². The highest BCUT2D eigenvalue weighted by molar-refractivity contribution is 6.06. The van der Waals surface area contributed by atoms with E-state index in [2.05, 4.69) is 20.7 Å². The number of hydrogen-bond donors (Lipinski definition) is 2. The first-order valence-corrected chi connectivity index (χ1v) is 8.51. The second-order valence-electron chi connectivity index (χ2n) is 7.10. The van der Waals surface area contributed by atoms with E-state index < -0.39 is 5.41 Å². The fourth-order valence-corrected chi connectivity index (χ4v) is 2.36. The molecule has 1 heterocycles. The van der Waals surface area contributed by atoms with Crippen LogP contribution < -0.4 is 10.6 Å². The molecule has 0 bridgehead atoms. The van der Waals surface area contributed by atoms with Crippen molar-refractivity contribution in [1.29, 1.82) is 0 Å². The molecule has 0 aliphatic rings. The Kier molecular flexibility index (Phi) is 5.03. The zero-order valence-electron chi connectivity index (χ0n) is 15.4. The predicted molar refractivity (Wildman–Crippen MR) is 104 cm³/mol. The molecule has 2 N–H and O–H groups in total. The van der Waals surface area contributed by atoms with Crippen LogP contribution in [0.1, 0.15) is 31.1 Å². The SMILES string of the molecule is CC(C)(C)C(=O)Nc1cccc(C(=O)Nc2ccccc2-n2cncn2)c1. The Morgan fingerprint density at radius 3 is 2.48 bits per heavy atom. The molecule has 0 aliphatic carbocycles. The van der Waals surface area contributed by atoms with Crippen molar-refractivity contribution in [3.8, 4) is 5.69 Å². The molecule has 0 saturated heterocycles. The van der Waals surface area contributed by atoms with Gasteiger partial charge in [-0.15, -0.1) is 0 Å². The smallest absolute Gasteiger partial charge is 0.255 e. The first-order valence-electron chi connectivity index (χ1n) is 8.51. The van der Waals surface area contributed by atoms with Gasteiger partial charge in [0.1, 0.15) is 12.7 Å². The largest absolute Gasteiger partial charge is 0.326 e. The molecule has 0 fully saturated rings. The van der Waals surface area contributed by atoms with Gasteiger partial charge in [0.15, 0.2) is 0 Å². The van der Waals surface area contributed by atoms with Gasteiger partial charge in [-0.2, -0.15) is 5.10 Å². The van der Waals surface area contributed by atoms with Gasteiger partial charge in [-0.25, -0.2) is 9.67 Å². The molecule has 3 rings (SSSR count). The number of carbonyl (C=O) groups excluding carboxylic acids is 2.